The van der Waals surface area contributed by atoms with Gasteiger partial charge >= 0.3 is 0 Å². The lowest BCUT2D eigenvalue weighted by Crippen LogP contribution is -2.39. The Morgan fingerprint density at radius 2 is 1.58 bits per heavy atom. The molecule has 2 fully saturated rings. The Hall–Kier alpha value is -2.04. The Kier molecular flexibility index (Phi) is 5.84. The summed E-state index contributed by atoms with van der Waals surface area (Å²) < 4.78 is 5.35. The first-order valence-corrected chi connectivity index (χ1v) is 9.74. The molecule has 26 heavy (non-hydrogen) atoms. The van der Waals surface area contributed by atoms with Crippen molar-refractivity contribution >= 4 is 11.8 Å². The number of ether oxygens (including phenoxy) is 1. The number of rotatable bonds is 3. The highest BCUT2D eigenvalue weighted by Crippen LogP contribution is 2.27. The normalized spacial score (nSPS) is 18.7. The average Bonchev–Trinajstić information content (AvgIpc) is 3.06. The number of hydrogen-bond acceptors (Lipinski definition) is 3. The van der Waals surface area contributed by atoms with Crippen molar-refractivity contribution in [3.63, 3.8) is 0 Å². The average molecular weight is 358 g/mol. The van der Waals surface area contributed by atoms with Crippen LogP contribution in [0, 0.1) is 19.8 Å². The van der Waals surface area contributed by atoms with E-state index >= 15 is 0 Å². The first-order chi connectivity index (χ1) is 12.5. The summed E-state index contributed by atoms with van der Waals surface area (Å²) in [5.41, 5.74) is 2.63. The second-order valence-corrected chi connectivity index (χ2v) is 7.59. The van der Waals surface area contributed by atoms with E-state index in [-0.39, 0.29) is 11.8 Å². The zero-order valence-corrected chi connectivity index (χ0v) is 16.2. The smallest absolute Gasteiger partial charge is 0.254 e. The molecule has 1 aliphatic carbocycles. The summed E-state index contributed by atoms with van der Waals surface area (Å²) >= 11 is 0. The molecule has 0 radical (unpaired) electrons. The zero-order chi connectivity index (χ0) is 18.7. The van der Waals surface area contributed by atoms with Crippen LogP contribution in [0.25, 0.3) is 0 Å². The van der Waals surface area contributed by atoms with Crippen LogP contribution in [-0.4, -0.2) is 54.9 Å². The molecule has 142 valence electrons. The van der Waals surface area contributed by atoms with Gasteiger partial charge in [0, 0.05) is 37.7 Å². The maximum atomic E-state index is 13.0. The first-order valence-electron chi connectivity index (χ1n) is 9.74. The SMILES string of the molecule is COc1cc(C)c(C(=O)N2CCCN(C(=O)C3CCCC3)CC2)cc1C. The molecule has 0 bridgehead atoms. The van der Waals surface area contributed by atoms with Crippen LogP contribution in [0.5, 0.6) is 5.75 Å². The molecule has 5 heteroatoms. The fourth-order valence-electron chi connectivity index (χ4n) is 4.18. The molecule has 5 nitrogen and oxygen atoms in total. The second kappa shape index (κ2) is 8.11. The third kappa shape index (κ3) is 3.87. The van der Waals surface area contributed by atoms with Crippen LogP contribution >= 0.6 is 0 Å². The number of nitrogens with zero attached hydrogens (tertiary/aromatic N) is 2. The van der Waals surface area contributed by atoms with Gasteiger partial charge in [0.25, 0.3) is 5.91 Å². The molecule has 0 atom stereocenters. The molecule has 3 rings (SSSR count). The Bertz CT molecular complexity index is 680. The molecule has 0 aromatic heterocycles. The van der Waals surface area contributed by atoms with E-state index in [2.05, 4.69) is 0 Å². The van der Waals surface area contributed by atoms with Gasteiger partial charge in [0.2, 0.25) is 5.91 Å². The van der Waals surface area contributed by atoms with Crippen LogP contribution in [-0.2, 0) is 4.79 Å². The minimum absolute atomic E-state index is 0.0587. The van der Waals surface area contributed by atoms with Gasteiger partial charge in [0.15, 0.2) is 0 Å². The van der Waals surface area contributed by atoms with E-state index in [4.69, 9.17) is 4.74 Å². The highest BCUT2D eigenvalue weighted by Gasteiger charge is 2.29. The Morgan fingerprint density at radius 1 is 0.923 bits per heavy atom. The maximum absolute atomic E-state index is 13.0. The van der Waals surface area contributed by atoms with Gasteiger partial charge in [0.1, 0.15) is 5.75 Å². The molecule has 1 aromatic carbocycles. The predicted octanol–water partition coefficient (Wildman–Crippen LogP) is 3.18. The van der Waals surface area contributed by atoms with E-state index in [9.17, 15) is 9.59 Å². The summed E-state index contributed by atoms with van der Waals surface area (Å²) in [6, 6.07) is 3.85. The molecule has 2 aliphatic rings. The number of amides is 2. The number of carbonyl (C=O) groups is 2. The van der Waals surface area contributed by atoms with Crippen molar-refractivity contribution in [2.45, 2.75) is 46.0 Å². The fourth-order valence-corrected chi connectivity index (χ4v) is 4.18. The summed E-state index contributed by atoms with van der Waals surface area (Å²) in [7, 11) is 1.65. The van der Waals surface area contributed by atoms with Crippen LogP contribution in [0.1, 0.15) is 53.6 Å². The number of methoxy groups -OCH3 is 1. The minimum Gasteiger partial charge on any atom is -0.496 e. The van der Waals surface area contributed by atoms with E-state index in [1.807, 2.05) is 35.8 Å². The van der Waals surface area contributed by atoms with Crippen LogP contribution < -0.4 is 4.74 Å². The second-order valence-electron chi connectivity index (χ2n) is 7.59. The van der Waals surface area contributed by atoms with E-state index < -0.39 is 0 Å². The third-order valence-electron chi connectivity index (χ3n) is 5.77. The van der Waals surface area contributed by atoms with Gasteiger partial charge in [0.05, 0.1) is 7.11 Å². The van der Waals surface area contributed by atoms with Gasteiger partial charge in [-0.15, -0.1) is 0 Å². The quantitative estimate of drug-likeness (QED) is 0.834. The Labute approximate surface area is 156 Å². The fraction of sp³-hybridized carbons (Fsp3) is 0.619. The molecular weight excluding hydrogens is 328 g/mol. The number of carbonyl (C=O) groups excluding carboxylic acids is 2. The first kappa shape index (κ1) is 18.7. The lowest BCUT2D eigenvalue weighted by molar-refractivity contribution is -0.135. The van der Waals surface area contributed by atoms with Gasteiger partial charge in [-0.1, -0.05) is 12.8 Å². The summed E-state index contributed by atoms with van der Waals surface area (Å²) in [6.45, 7) is 6.64. The topological polar surface area (TPSA) is 49.9 Å². The molecule has 1 aromatic rings. The highest BCUT2D eigenvalue weighted by molar-refractivity contribution is 5.96. The van der Waals surface area contributed by atoms with Gasteiger partial charge in [-0.3, -0.25) is 9.59 Å². The molecule has 1 aliphatic heterocycles. The zero-order valence-electron chi connectivity index (χ0n) is 16.2. The largest absolute Gasteiger partial charge is 0.496 e. The van der Waals surface area contributed by atoms with Crippen LogP contribution in [0.15, 0.2) is 12.1 Å². The van der Waals surface area contributed by atoms with E-state index in [0.717, 1.165) is 48.2 Å². The van der Waals surface area contributed by atoms with Crippen molar-refractivity contribution in [2.75, 3.05) is 33.3 Å². The molecule has 0 unspecified atom stereocenters. The van der Waals surface area contributed by atoms with Crippen LogP contribution in [0.4, 0.5) is 0 Å². The minimum atomic E-state index is 0.0587. The van der Waals surface area contributed by atoms with Gasteiger partial charge in [-0.25, -0.2) is 0 Å². The Morgan fingerprint density at radius 3 is 2.27 bits per heavy atom. The molecule has 2 amide bonds. The lowest BCUT2D eigenvalue weighted by atomic mass is 10.0. The number of aryl methyl sites for hydroxylation is 2. The summed E-state index contributed by atoms with van der Waals surface area (Å²) in [5, 5.41) is 0. The van der Waals surface area contributed by atoms with E-state index in [0.29, 0.717) is 25.5 Å². The Balaban J connectivity index is 1.68. The highest BCUT2D eigenvalue weighted by atomic mass is 16.5. The van der Waals surface area contributed by atoms with Crippen LogP contribution in [0.3, 0.4) is 0 Å². The lowest BCUT2D eigenvalue weighted by Gasteiger charge is -2.25. The molecule has 1 saturated carbocycles. The number of hydrogen-bond donors (Lipinski definition) is 0. The standard InChI is InChI=1S/C21H30N2O3/c1-15-14-19(26-3)16(2)13-18(15)21(25)23-10-6-9-22(11-12-23)20(24)17-7-4-5-8-17/h13-14,17H,4-12H2,1-3H3. The predicted molar refractivity (Wildman–Crippen MR) is 102 cm³/mol. The summed E-state index contributed by atoms with van der Waals surface area (Å²) in [4.78, 5) is 29.6. The van der Waals surface area contributed by atoms with E-state index in [1.165, 1.54) is 12.8 Å². The van der Waals surface area contributed by atoms with E-state index in [1.54, 1.807) is 7.11 Å². The molecular formula is C21H30N2O3. The van der Waals surface area contributed by atoms with Crippen molar-refractivity contribution in [3.05, 3.63) is 28.8 Å². The summed E-state index contributed by atoms with van der Waals surface area (Å²) in [5.74, 6) is 1.38. The van der Waals surface area contributed by atoms with Gasteiger partial charge < -0.3 is 14.5 Å². The van der Waals surface area contributed by atoms with Crippen molar-refractivity contribution in [3.8, 4) is 5.75 Å². The van der Waals surface area contributed by atoms with Crippen LogP contribution in [0.2, 0.25) is 0 Å². The maximum Gasteiger partial charge on any atom is 0.254 e. The molecule has 1 saturated heterocycles. The van der Waals surface area contributed by atoms with Gasteiger partial charge in [-0.2, -0.15) is 0 Å². The monoisotopic (exact) mass is 358 g/mol. The third-order valence-corrected chi connectivity index (χ3v) is 5.77. The molecule has 1 heterocycles. The summed E-state index contributed by atoms with van der Waals surface area (Å²) in [6.07, 6.45) is 5.25. The van der Waals surface area contributed by atoms with Crippen molar-refractivity contribution < 1.29 is 14.3 Å². The van der Waals surface area contributed by atoms with Crippen molar-refractivity contribution in [1.29, 1.82) is 0 Å². The molecule has 0 N–H and O–H groups in total. The van der Waals surface area contributed by atoms with Crippen molar-refractivity contribution in [2.24, 2.45) is 5.92 Å². The number of benzene rings is 1. The molecule has 0 spiro atoms. The van der Waals surface area contributed by atoms with Gasteiger partial charge in [-0.05, 0) is 56.4 Å². The van der Waals surface area contributed by atoms with Crippen molar-refractivity contribution in [1.82, 2.24) is 9.80 Å².